The lowest BCUT2D eigenvalue weighted by Crippen LogP contribution is -2.64. The van der Waals surface area contributed by atoms with Crippen molar-refractivity contribution in [1.82, 2.24) is 0 Å². The first-order valence-corrected chi connectivity index (χ1v) is 10.8. The van der Waals surface area contributed by atoms with Crippen molar-refractivity contribution in [2.45, 2.75) is 99.0 Å². The molecule has 0 unspecified atom stereocenters. The monoisotopic (exact) mass is 502 g/mol. The summed E-state index contributed by atoms with van der Waals surface area (Å²) in [5.74, 6) is 0. The second-order valence-corrected chi connectivity index (χ2v) is 8.57. The van der Waals surface area contributed by atoms with E-state index in [-0.39, 0.29) is 0 Å². The average Bonchev–Trinajstić information content (AvgIpc) is 2.81. The molecule has 34 heavy (non-hydrogen) atoms. The summed E-state index contributed by atoms with van der Waals surface area (Å²) < 4.78 is 32.2. The summed E-state index contributed by atoms with van der Waals surface area (Å²) in [5, 5.41) is 89.9. The van der Waals surface area contributed by atoms with Crippen LogP contribution in [0.1, 0.15) is 6.92 Å². The van der Waals surface area contributed by atoms with Gasteiger partial charge in [-0.3, -0.25) is 0 Å². The van der Waals surface area contributed by atoms with E-state index < -0.39 is 105 Å². The quantitative estimate of drug-likeness (QED) is 0.157. The van der Waals surface area contributed by atoms with Crippen LogP contribution in [-0.4, -0.2) is 158 Å². The van der Waals surface area contributed by atoms with Crippen molar-refractivity contribution >= 4 is 0 Å². The maximum absolute atomic E-state index is 10.4. The van der Waals surface area contributed by atoms with Crippen LogP contribution in [-0.2, 0) is 28.4 Å². The van der Waals surface area contributed by atoms with Crippen molar-refractivity contribution in [3.63, 3.8) is 0 Å². The van der Waals surface area contributed by atoms with Gasteiger partial charge in [0, 0.05) is 7.11 Å². The molecule has 200 valence electrons. The second kappa shape index (κ2) is 11.6. The Morgan fingerprint density at radius 1 is 0.647 bits per heavy atom. The minimum Gasteiger partial charge on any atom is -0.394 e. The van der Waals surface area contributed by atoms with E-state index in [4.69, 9.17) is 28.4 Å². The van der Waals surface area contributed by atoms with Gasteiger partial charge in [-0.25, -0.2) is 0 Å². The highest BCUT2D eigenvalue weighted by molar-refractivity contribution is 4.94. The van der Waals surface area contributed by atoms with Gasteiger partial charge in [-0.05, 0) is 6.92 Å². The molecule has 3 aliphatic heterocycles. The van der Waals surface area contributed by atoms with E-state index in [1.165, 1.54) is 14.0 Å². The van der Waals surface area contributed by atoms with Crippen molar-refractivity contribution in [3.8, 4) is 0 Å². The van der Waals surface area contributed by atoms with Crippen LogP contribution >= 0.6 is 0 Å². The van der Waals surface area contributed by atoms with Crippen LogP contribution in [0.5, 0.6) is 0 Å². The zero-order valence-electron chi connectivity index (χ0n) is 18.5. The predicted octanol–water partition coefficient (Wildman–Crippen LogP) is -5.89. The van der Waals surface area contributed by atoms with Crippen molar-refractivity contribution in [2.24, 2.45) is 0 Å². The maximum atomic E-state index is 10.4. The van der Waals surface area contributed by atoms with Crippen molar-refractivity contribution in [3.05, 3.63) is 0 Å². The molecule has 0 amide bonds. The highest BCUT2D eigenvalue weighted by Gasteiger charge is 2.51. The van der Waals surface area contributed by atoms with Gasteiger partial charge in [0.15, 0.2) is 18.9 Å². The Bertz CT molecular complexity index is 639. The van der Waals surface area contributed by atoms with E-state index in [9.17, 15) is 46.0 Å². The molecule has 15 atom stereocenters. The minimum absolute atomic E-state index is 0.529. The Kier molecular flexibility index (Phi) is 9.57. The molecule has 3 saturated heterocycles. The van der Waals surface area contributed by atoms with Crippen LogP contribution in [0.25, 0.3) is 0 Å². The third-order valence-corrected chi connectivity index (χ3v) is 6.27. The van der Waals surface area contributed by atoms with E-state index in [0.29, 0.717) is 0 Å². The van der Waals surface area contributed by atoms with Crippen LogP contribution in [0.15, 0.2) is 0 Å². The normalized spacial score (nSPS) is 52.5. The molecule has 3 heterocycles. The topological polar surface area (TPSA) is 237 Å². The molecule has 15 heteroatoms. The molecule has 0 aromatic carbocycles. The number of aliphatic hydroxyl groups is 9. The van der Waals surface area contributed by atoms with E-state index >= 15 is 0 Å². The largest absolute Gasteiger partial charge is 0.394 e. The van der Waals surface area contributed by atoms with Crippen molar-refractivity contribution < 1.29 is 74.4 Å². The summed E-state index contributed by atoms with van der Waals surface area (Å²) in [6.45, 7) is 0.322. The molecule has 0 aromatic rings. The van der Waals surface area contributed by atoms with Crippen LogP contribution in [0.2, 0.25) is 0 Å². The summed E-state index contributed by atoms with van der Waals surface area (Å²) in [6, 6.07) is 0. The van der Waals surface area contributed by atoms with Crippen molar-refractivity contribution in [1.29, 1.82) is 0 Å². The van der Waals surface area contributed by atoms with Gasteiger partial charge >= 0.3 is 0 Å². The van der Waals surface area contributed by atoms with Crippen LogP contribution < -0.4 is 0 Å². The number of methoxy groups -OCH3 is 1. The van der Waals surface area contributed by atoms with E-state index in [1.54, 1.807) is 0 Å². The summed E-state index contributed by atoms with van der Waals surface area (Å²) in [6.07, 6.45) is -21.7. The smallest absolute Gasteiger partial charge is 0.187 e. The van der Waals surface area contributed by atoms with E-state index in [2.05, 4.69) is 0 Å². The number of hydrogen-bond acceptors (Lipinski definition) is 15. The Morgan fingerprint density at radius 3 is 1.79 bits per heavy atom. The average molecular weight is 502 g/mol. The molecule has 0 aromatic heterocycles. The summed E-state index contributed by atoms with van der Waals surface area (Å²) in [4.78, 5) is 0. The number of aliphatic hydroxyl groups excluding tert-OH is 9. The minimum atomic E-state index is -1.75. The van der Waals surface area contributed by atoms with Gasteiger partial charge < -0.3 is 74.4 Å². The lowest BCUT2D eigenvalue weighted by molar-refractivity contribution is -0.360. The molecule has 3 fully saturated rings. The maximum Gasteiger partial charge on any atom is 0.187 e. The molecule has 3 rings (SSSR count). The van der Waals surface area contributed by atoms with Gasteiger partial charge in [0.25, 0.3) is 0 Å². The molecule has 15 nitrogen and oxygen atoms in total. The number of rotatable bonds is 7. The first kappa shape index (κ1) is 28.0. The van der Waals surface area contributed by atoms with Gasteiger partial charge in [0.05, 0.1) is 19.3 Å². The van der Waals surface area contributed by atoms with E-state index in [0.717, 1.165) is 0 Å². The standard InChI is InChI=1S/C19H34O15/c1-5-15(16(29-2)14(27)17(28)31-5)34-19-13(26)11(24)9(22)7(33-19)4-30-18-12(25)10(23)8(21)6(3-20)32-18/h5-28H,3-4H2,1-2H3/t5-,6-,7-,8-,9-,10+,11+,12-,13-,14-,15-,16-,17-,18-,19+/m1/s1. The molecule has 9 N–H and O–H groups in total. The van der Waals surface area contributed by atoms with Gasteiger partial charge in [0.2, 0.25) is 0 Å². The Morgan fingerprint density at radius 2 is 1.21 bits per heavy atom. The summed E-state index contributed by atoms with van der Waals surface area (Å²) >= 11 is 0. The molecule has 0 spiro atoms. The lowest BCUT2D eigenvalue weighted by Gasteiger charge is -2.46. The fourth-order valence-corrected chi connectivity index (χ4v) is 4.18. The highest BCUT2D eigenvalue weighted by atomic mass is 16.7. The van der Waals surface area contributed by atoms with Crippen LogP contribution in [0.4, 0.5) is 0 Å². The molecule has 0 saturated carbocycles. The van der Waals surface area contributed by atoms with Crippen LogP contribution in [0, 0.1) is 0 Å². The number of hydrogen-bond donors (Lipinski definition) is 9. The van der Waals surface area contributed by atoms with Crippen molar-refractivity contribution in [2.75, 3.05) is 20.3 Å². The van der Waals surface area contributed by atoms with Gasteiger partial charge in [-0.1, -0.05) is 0 Å². The van der Waals surface area contributed by atoms with Gasteiger partial charge in [0.1, 0.15) is 67.1 Å². The van der Waals surface area contributed by atoms with Gasteiger partial charge in [-0.15, -0.1) is 0 Å². The lowest BCUT2D eigenvalue weighted by atomic mass is 9.97. The Labute approximate surface area is 194 Å². The second-order valence-electron chi connectivity index (χ2n) is 8.57. The predicted molar refractivity (Wildman–Crippen MR) is 105 cm³/mol. The SMILES string of the molecule is CO[C@@H]1[C@@H](O)[C@H](O)O[C@H](C)[C@H]1O[C@@H]1O[C@H](CO[C@@H]2O[C@H](CO)[C@@H](O)[C@H](O)[C@H]2O)[C@@H](O)[C@H](O)[C@H]1O. The summed E-state index contributed by atoms with van der Waals surface area (Å²) in [5.41, 5.74) is 0. The van der Waals surface area contributed by atoms with Crippen LogP contribution in [0.3, 0.4) is 0 Å². The molecular weight excluding hydrogens is 468 g/mol. The first-order valence-electron chi connectivity index (χ1n) is 10.8. The fourth-order valence-electron chi connectivity index (χ4n) is 4.18. The molecule has 3 aliphatic rings. The zero-order valence-corrected chi connectivity index (χ0v) is 18.5. The molecule has 0 aliphatic carbocycles. The van der Waals surface area contributed by atoms with E-state index in [1.807, 2.05) is 0 Å². The first-order chi connectivity index (χ1) is 16.0. The zero-order chi connectivity index (χ0) is 25.3. The highest BCUT2D eigenvalue weighted by Crippen LogP contribution is 2.30. The molecule has 0 bridgehead atoms. The Balaban J connectivity index is 1.66. The third kappa shape index (κ3) is 5.54. The third-order valence-electron chi connectivity index (χ3n) is 6.27. The molecular formula is C19H34O15. The fraction of sp³-hybridized carbons (Fsp3) is 1.00. The number of ether oxygens (including phenoxy) is 6. The molecule has 0 radical (unpaired) electrons. The Hall–Kier alpha value is -0.600. The van der Waals surface area contributed by atoms with Gasteiger partial charge in [-0.2, -0.15) is 0 Å². The summed E-state index contributed by atoms with van der Waals surface area (Å²) in [7, 11) is 1.27.